The van der Waals surface area contributed by atoms with Gasteiger partial charge in [-0.25, -0.2) is 14.6 Å². The number of hydrogen-bond acceptors (Lipinski definition) is 6. The second kappa shape index (κ2) is 7.68. The molecule has 27 heavy (non-hydrogen) atoms. The summed E-state index contributed by atoms with van der Waals surface area (Å²) in [6, 6.07) is 11.7. The summed E-state index contributed by atoms with van der Waals surface area (Å²) >= 11 is 1.61. The highest BCUT2D eigenvalue weighted by molar-refractivity contribution is 7.15. The van der Waals surface area contributed by atoms with E-state index >= 15 is 0 Å². The molecule has 0 fully saturated rings. The van der Waals surface area contributed by atoms with E-state index in [1.165, 1.54) is 22.3 Å². The van der Waals surface area contributed by atoms with Crippen molar-refractivity contribution in [1.82, 2.24) is 19.7 Å². The molecule has 136 valence electrons. The maximum absolute atomic E-state index is 13.0. The average Bonchev–Trinajstić information content (AvgIpc) is 3.33. The molecule has 2 heterocycles. The molecule has 8 heteroatoms. The second-order valence-electron chi connectivity index (χ2n) is 6.42. The van der Waals surface area contributed by atoms with Crippen molar-refractivity contribution >= 4 is 22.4 Å². The highest BCUT2D eigenvalue weighted by Gasteiger charge is 2.24. The van der Waals surface area contributed by atoms with E-state index in [1.807, 2.05) is 36.4 Å². The SMILES string of the molecule is N#Cc1ncn(CC(=O)N(Cc2ccccc2)c2nc3c(s2)CCCC3)n1. The standard InChI is InChI=1S/C19H18N6OS/c20-10-17-21-13-24(23-17)12-18(26)25(11-14-6-2-1-3-7-14)19-22-15-8-4-5-9-16(15)27-19/h1-3,6-7,13H,4-5,8-9,11-12H2. The van der Waals surface area contributed by atoms with Crippen LogP contribution < -0.4 is 4.90 Å². The Balaban J connectivity index is 1.61. The van der Waals surface area contributed by atoms with Gasteiger partial charge < -0.3 is 0 Å². The molecule has 0 saturated carbocycles. The molecule has 0 aliphatic heterocycles. The van der Waals surface area contributed by atoms with Gasteiger partial charge in [-0.2, -0.15) is 5.26 Å². The monoisotopic (exact) mass is 378 g/mol. The number of amides is 1. The van der Waals surface area contributed by atoms with Crippen LogP contribution in [0.5, 0.6) is 0 Å². The maximum atomic E-state index is 13.0. The summed E-state index contributed by atoms with van der Waals surface area (Å²) in [7, 11) is 0. The van der Waals surface area contributed by atoms with Crippen molar-refractivity contribution in [3.63, 3.8) is 0 Å². The Morgan fingerprint density at radius 1 is 1.26 bits per heavy atom. The summed E-state index contributed by atoms with van der Waals surface area (Å²) in [6.45, 7) is 0.470. The first-order chi connectivity index (χ1) is 13.2. The quantitative estimate of drug-likeness (QED) is 0.681. The summed E-state index contributed by atoms with van der Waals surface area (Å²) in [4.78, 5) is 24.7. The number of aryl methyl sites for hydroxylation is 2. The van der Waals surface area contributed by atoms with Gasteiger partial charge in [-0.1, -0.05) is 30.3 Å². The van der Waals surface area contributed by atoms with E-state index < -0.39 is 0 Å². The van der Waals surface area contributed by atoms with Crippen LogP contribution in [0.2, 0.25) is 0 Å². The molecular weight excluding hydrogens is 360 g/mol. The van der Waals surface area contributed by atoms with E-state index in [4.69, 9.17) is 10.2 Å². The Morgan fingerprint density at radius 2 is 2.07 bits per heavy atom. The fraction of sp³-hybridized carbons (Fsp3) is 0.316. The van der Waals surface area contributed by atoms with Crippen LogP contribution in [-0.4, -0.2) is 25.7 Å². The number of carbonyl (C=O) groups is 1. The van der Waals surface area contributed by atoms with Crippen LogP contribution in [0.15, 0.2) is 36.7 Å². The number of carbonyl (C=O) groups excluding carboxylic acids is 1. The number of fused-ring (bicyclic) bond motifs is 1. The first-order valence-corrected chi connectivity index (χ1v) is 9.67. The van der Waals surface area contributed by atoms with Crippen molar-refractivity contribution in [2.75, 3.05) is 4.90 Å². The number of rotatable bonds is 5. The van der Waals surface area contributed by atoms with Gasteiger partial charge in [-0.3, -0.25) is 9.69 Å². The summed E-state index contributed by atoms with van der Waals surface area (Å²) in [5.41, 5.74) is 2.16. The third kappa shape index (κ3) is 3.88. The Hall–Kier alpha value is -3.05. The molecule has 1 aliphatic carbocycles. The summed E-state index contributed by atoms with van der Waals surface area (Å²) in [5, 5.41) is 13.6. The van der Waals surface area contributed by atoms with Crippen LogP contribution in [0, 0.1) is 11.3 Å². The van der Waals surface area contributed by atoms with Gasteiger partial charge in [-0.05, 0) is 31.2 Å². The lowest BCUT2D eigenvalue weighted by atomic mass is 10.0. The first-order valence-electron chi connectivity index (χ1n) is 8.85. The van der Waals surface area contributed by atoms with Crippen molar-refractivity contribution in [2.45, 2.75) is 38.8 Å². The van der Waals surface area contributed by atoms with E-state index in [9.17, 15) is 4.79 Å². The lowest BCUT2D eigenvalue weighted by Gasteiger charge is -2.20. The number of nitriles is 1. The molecule has 0 unspecified atom stereocenters. The van der Waals surface area contributed by atoms with Crippen molar-refractivity contribution in [3.05, 3.63) is 58.6 Å². The van der Waals surface area contributed by atoms with Crippen LogP contribution in [0.1, 0.15) is 34.8 Å². The first kappa shape index (κ1) is 17.4. The number of benzene rings is 1. The molecule has 1 aliphatic rings. The largest absolute Gasteiger partial charge is 0.282 e. The minimum absolute atomic E-state index is 0.0196. The van der Waals surface area contributed by atoms with Gasteiger partial charge in [0.15, 0.2) is 5.13 Å². The normalized spacial score (nSPS) is 13.0. The molecule has 7 nitrogen and oxygen atoms in total. The molecular formula is C19H18N6OS. The third-order valence-corrected chi connectivity index (χ3v) is 5.66. The lowest BCUT2D eigenvalue weighted by Crippen LogP contribution is -2.33. The Kier molecular flexibility index (Phi) is 4.94. The summed E-state index contributed by atoms with van der Waals surface area (Å²) < 4.78 is 1.40. The zero-order chi connectivity index (χ0) is 18.6. The van der Waals surface area contributed by atoms with Gasteiger partial charge in [-0.15, -0.1) is 16.4 Å². The fourth-order valence-electron chi connectivity index (χ4n) is 3.13. The minimum atomic E-state index is -0.126. The van der Waals surface area contributed by atoms with E-state index in [1.54, 1.807) is 16.2 Å². The smallest absolute Gasteiger partial charge is 0.252 e. The zero-order valence-electron chi connectivity index (χ0n) is 14.7. The van der Waals surface area contributed by atoms with Crippen molar-refractivity contribution in [1.29, 1.82) is 5.26 Å². The predicted octanol–water partition coefficient (Wildman–Crippen LogP) is 2.72. The molecule has 2 aromatic heterocycles. The maximum Gasteiger partial charge on any atom is 0.252 e. The predicted molar refractivity (Wildman–Crippen MR) is 101 cm³/mol. The molecule has 0 saturated heterocycles. The topological polar surface area (TPSA) is 87.7 Å². The Bertz CT molecular complexity index is 964. The third-order valence-electron chi connectivity index (χ3n) is 4.48. The highest BCUT2D eigenvalue weighted by Crippen LogP contribution is 2.32. The number of nitrogens with zero attached hydrogens (tertiary/aromatic N) is 6. The van der Waals surface area contributed by atoms with Gasteiger partial charge in [0, 0.05) is 4.88 Å². The molecule has 0 radical (unpaired) electrons. The molecule has 0 spiro atoms. The van der Waals surface area contributed by atoms with Crippen LogP contribution >= 0.6 is 11.3 Å². The lowest BCUT2D eigenvalue weighted by molar-refractivity contribution is -0.119. The minimum Gasteiger partial charge on any atom is -0.282 e. The van der Waals surface area contributed by atoms with Crippen LogP contribution in [-0.2, 0) is 30.7 Å². The number of aromatic nitrogens is 4. The second-order valence-corrected chi connectivity index (χ2v) is 7.48. The molecule has 1 aromatic carbocycles. The van der Waals surface area contributed by atoms with E-state index in [0.29, 0.717) is 6.54 Å². The molecule has 0 atom stereocenters. The molecule has 0 bridgehead atoms. The number of anilines is 1. The highest BCUT2D eigenvalue weighted by atomic mass is 32.1. The van der Waals surface area contributed by atoms with Crippen LogP contribution in [0.3, 0.4) is 0 Å². The average molecular weight is 378 g/mol. The zero-order valence-corrected chi connectivity index (χ0v) is 15.5. The number of hydrogen-bond donors (Lipinski definition) is 0. The van der Waals surface area contributed by atoms with Gasteiger partial charge >= 0.3 is 0 Å². The van der Waals surface area contributed by atoms with Crippen molar-refractivity contribution < 1.29 is 4.79 Å². The molecule has 3 aromatic rings. The molecule has 0 N–H and O–H groups in total. The Labute approximate surface area is 160 Å². The molecule has 4 rings (SSSR count). The summed E-state index contributed by atoms with van der Waals surface area (Å²) in [6.07, 6.45) is 5.75. The van der Waals surface area contributed by atoms with Crippen LogP contribution in [0.25, 0.3) is 0 Å². The Morgan fingerprint density at radius 3 is 2.81 bits per heavy atom. The van der Waals surface area contributed by atoms with E-state index in [0.717, 1.165) is 35.7 Å². The van der Waals surface area contributed by atoms with Crippen molar-refractivity contribution in [3.8, 4) is 6.07 Å². The summed E-state index contributed by atoms with van der Waals surface area (Å²) in [5.74, 6) is -0.0681. The van der Waals surface area contributed by atoms with Gasteiger partial charge in [0.2, 0.25) is 0 Å². The number of thiazole rings is 1. The van der Waals surface area contributed by atoms with E-state index in [-0.39, 0.29) is 18.3 Å². The van der Waals surface area contributed by atoms with Gasteiger partial charge in [0.05, 0.1) is 12.2 Å². The van der Waals surface area contributed by atoms with Gasteiger partial charge in [0.25, 0.3) is 11.7 Å². The fourth-order valence-corrected chi connectivity index (χ4v) is 4.29. The van der Waals surface area contributed by atoms with Gasteiger partial charge in [0.1, 0.15) is 18.9 Å². The van der Waals surface area contributed by atoms with E-state index in [2.05, 4.69) is 10.1 Å². The molecule has 1 amide bonds. The van der Waals surface area contributed by atoms with Crippen molar-refractivity contribution in [2.24, 2.45) is 0 Å². The van der Waals surface area contributed by atoms with Crippen LogP contribution in [0.4, 0.5) is 5.13 Å².